The van der Waals surface area contributed by atoms with E-state index in [1.165, 1.54) is 12.3 Å². The molecular formula is C30H28Cl2F4N6O. The van der Waals surface area contributed by atoms with Crippen molar-refractivity contribution in [3.05, 3.63) is 92.8 Å². The lowest BCUT2D eigenvalue weighted by Gasteiger charge is -2.37. The van der Waals surface area contributed by atoms with Crippen LogP contribution >= 0.6 is 23.2 Å². The van der Waals surface area contributed by atoms with Gasteiger partial charge in [-0.3, -0.25) is 4.90 Å². The third kappa shape index (κ3) is 6.82. The van der Waals surface area contributed by atoms with Crippen molar-refractivity contribution in [2.45, 2.75) is 24.7 Å². The first kappa shape index (κ1) is 30.9. The zero-order chi connectivity index (χ0) is 30.9. The summed E-state index contributed by atoms with van der Waals surface area (Å²) in [5.41, 5.74) is 0.432. The van der Waals surface area contributed by atoms with Gasteiger partial charge in [0.15, 0.2) is 0 Å². The van der Waals surface area contributed by atoms with Crippen LogP contribution in [0.1, 0.15) is 28.2 Å². The van der Waals surface area contributed by atoms with Crippen LogP contribution in [0.5, 0.6) is 0 Å². The highest BCUT2D eigenvalue weighted by Crippen LogP contribution is 2.36. The van der Waals surface area contributed by atoms with Crippen LogP contribution < -0.4 is 4.90 Å². The fraction of sp³-hybridized carbons (Fsp3) is 0.367. The molecule has 43 heavy (non-hydrogen) atoms. The number of benzene rings is 2. The number of hydrogen-bond acceptors (Lipinski definition) is 5. The maximum absolute atomic E-state index is 14.3. The van der Waals surface area contributed by atoms with E-state index in [2.05, 4.69) is 16.0 Å². The van der Waals surface area contributed by atoms with Gasteiger partial charge in [-0.2, -0.15) is 18.4 Å². The van der Waals surface area contributed by atoms with E-state index >= 15 is 0 Å². The molecule has 0 bridgehead atoms. The summed E-state index contributed by atoms with van der Waals surface area (Å²) in [5.74, 6) is -0.751. The molecule has 2 aliphatic heterocycles. The Morgan fingerprint density at radius 3 is 2.37 bits per heavy atom. The van der Waals surface area contributed by atoms with E-state index in [1.807, 2.05) is 18.0 Å². The Hall–Kier alpha value is -3.59. The second-order valence-electron chi connectivity index (χ2n) is 10.8. The standard InChI is InChI=1S/C30H28Cl2F4N6O/c1-39(16-19-2-5-23(26(33)12-19)30(34,35)36)27-18-42(17-22(27)21-4-6-24(31)25(32)13-21)29(43)41-10-8-40(9-11-41)28-7-3-20(14-37)15-38-28/h2-7,12-13,15,22,27H,8-11,16-18H2,1H3. The molecule has 5 rings (SSSR count). The molecule has 7 nitrogen and oxygen atoms in total. The van der Waals surface area contributed by atoms with Gasteiger partial charge in [-0.05, 0) is 54.6 Å². The van der Waals surface area contributed by atoms with E-state index in [9.17, 15) is 22.4 Å². The molecule has 0 aliphatic carbocycles. The molecular weight excluding hydrogens is 607 g/mol. The SMILES string of the molecule is CN(Cc1ccc(C(F)(F)F)c(F)c1)C1CN(C(=O)N2CCN(c3ccc(C#N)cn3)CC2)CC1c1ccc(Cl)c(Cl)c1. The monoisotopic (exact) mass is 634 g/mol. The van der Waals surface area contributed by atoms with Gasteiger partial charge < -0.3 is 14.7 Å². The first-order chi connectivity index (χ1) is 20.4. The predicted octanol–water partition coefficient (Wildman–Crippen LogP) is 6.26. The summed E-state index contributed by atoms with van der Waals surface area (Å²) in [7, 11) is 1.81. The minimum atomic E-state index is -4.77. The Kier molecular flexibility index (Phi) is 9.02. The van der Waals surface area contributed by atoms with E-state index < -0.39 is 17.6 Å². The van der Waals surface area contributed by atoms with Crippen molar-refractivity contribution in [2.24, 2.45) is 0 Å². The van der Waals surface area contributed by atoms with E-state index in [0.29, 0.717) is 60.4 Å². The van der Waals surface area contributed by atoms with Gasteiger partial charge in [-0.1, -0.05) is 35.3 Å². The van der Waals surface area contributed by atoms with E-state index in [-0.39, 0.29) is 24.5 Å². The van der Waals surface area contributed by atoms with E-state index in [1.54, 1.807) is 34.1 Å². The Labute approximate surface area is 256 Å². The van der Waals surface area contributed by atoms with E-state index in [4.69, 9.17) is 28.5 Å². The van der Waals surface area contributed by atoms with Crippen LogP contribution in [0.3, 0.4) is 0 Å². The average Bonchev–Trinajstić information content (AvgIpc) is 3.43. The largest absolute Gasteiger partial charge is 0.419 e. The second kappa shape index (κ2) is 12.6. The van der Waals surface area contributed by atoms with Gasteiger partial charge in [-0.15, -0.1) is 0 Å². The average molecular weight is 635 g/mol. The Balaban J connectivity index is 1.31. The maximum Gasteiger partial charge on any atom is 0.419 e. The molecule has 2 aliphatic rings. The highest BCUT2D eigenvalue weighted by Gasteiger charge is 2.41. The normalized spacial score (nSPS) is 19.2. The summed E-state index contributed by atoms with van der Waals surface area (Å²) in [5, 5.41) is 9.79. The molecule has 0 radical (unpaired) electrons. The van der Waals surface area contributed by atoms with Crippen molar-refractivity contribution in [1.29, 1.82) is 5.26 Å². The van der Waals surface area contributed by atoms with Crippen molar-refractivity contribution in [3.8, 4) is 6.07 Å². The number of anilines is 1. The third-order valence-electron chi connectivity index (χ3n) is 8.02. The molecule has 1 aromatic heterocycles. The smallest absolute Gasteiger partial charge is 0.353 e. The zero-order valence-electron chi connectivity index (χ0n) is 23.2. The predicted molar refractivity (Wildman–Crippen MR) is 156 cm³/mol. The molecule has 2 atom stereocenters. The van der Waals surface area contributed by atoms with Gasteiger partial charge in [0.1, 0.15) is 17.7 Å². The number of urea groups is 1. The number of likely N-dealkylation sites (N-methyl/N-ethyl adjacent to an activating group) is 1. The van der Waals surface area contributed by atoms with Crippen molar-refractivity contribution in [3.63, 3.8) is 0 Å². The zero-order valence-corrected chi connectivity index (χ0v) is 24.7. The molecule has 2 aromatic carbocycles. The fourth-order valence-corrected chi connectivity index (χ4v) is 6.02. The van der Waals surface area contributed by atoms with Gasteiger partial charge in [0.05, 0.1) is 21.2 Å². The number of rotatable bonds is 5. The first-order valence-electron chi connectivity index (χ1n) is 13.6. The molecule has 2 saturated heterocycles. The topological polar surface area (TPSA) is 66.7 Å². The Bertz CT molecular complexity index is 1520. The molecule has 0 N–H and O–H groups in total. The number of carbonyl (C=O) groups excluding carboxylic acids is 1. The van der Waals surface area contributed by atoms with Gasteiger partial charge >= 0.3 is 12.2 Å². The summed E-state index contributed by atoms with van der Waals surface area (Å²) in [6.07, 6.45) is -3.25. The fourth-order valence-electron chi connectivity index (χ4n) is 5.72. The lowest BCUT2D eigenvalue weighted by atomic mass is 9.93. The van der Waals surface area contributed by atoms with Crippen molar-refractivity contribution >= 4 is 35.1 Å². The molecule has 3 aromatic rings. The third-order valence-corrected chi connectivity index (χ3v) is 8.76. The van der Waals surface area contributed by atoms with Gasteiger partial charge in [0.2, 0.25) is 0 Å². The van der Waals surface area contributed by atoms with Crippen LogP contribution in [-0.4, -0.2) is 78.1 Å². The summed E-state index contributed by atoms with van der Waals surface area (Å²) in [6, 6.07) is 13.5. The number of nitrogens with zero attached hydrogens (tertiary/aromatic N) is 6. The molecule has 2 unspecified atom stereocenters. The number of piperazine rings is 1. The van der Waals surface area contributed by atoms with Crippen LogP contribution in [-0.2, 0) is 12.7 Å². The van der Waals surface area contributed by atoms with Crippen LogP contribution in [0, 0.1) is 17.1 Å². The number of amides is 2. The Morgan fingerprint density at radius 2 is 1.77 bits per heavy atom. The summed E-state index contributed by atoms with van der Waals surface area (Å²) >= 11 is 12.5. The molecule has 3 heterocycles. The van der Waals surface area contributed by atoms with E-state index in [0.717, 1.165) is 23.5 Å². The lowest BCUT2D eigenvalue weighted by Crippen LogP contribution is -2.53. The second-order valence-corrected chi connectivity index (χ2v) is 11.6. The van der Waals surface area contributed by atoms with Crippen molar-refractivity contribution in [2.75, 3.05) is 51.2 Å². The highest BCUT2D eigenvalue weighted by atomic mass is 35.5. The lowest BCUT2D eigenvalue weighted by molar-refractivity contribution is -0.140. The number of halogens is 6. The van der Waals surface area contributed by atoms with Crippen LogP contribution in [0.15, 0.2) is 54.7 Å². The number of hydrogen-bond donors (Lipinski definition) is 0. The Morgan fingerprint density at radius 1 is 1.02 bits per heavy atom. The molecule has 0 spiro atoms. The van der Waals surface area contributed by atoms with Crippen molar-refractivity contribution < 1.29 is 22.4 Å². The number of pyridine rings is 1. The van der Waals surface area contributed by atoms with Crippen LogP contribution in [0.25, 0.3) is 0 Å². The number of likely N-dealkylation sites (tertiary alicyclic amines) is 1. The van der Waals surface area contributed by atoms with Crippen LogP contribution in [0.2, 0.25) is 10.0 Å². The number of nitriles is 1. The number of alkyl halides is 3. The first-order valence-corrected chi connectivity index (χ1v) is 14.4. The molecule has 2 amide bonds. The van der Waals surface area contributed by atoms with Crippen molar-refractivity contribution in [1.82, 2.24) is 19.7 Å². The summed E-state index contributed by atoms with van der Waals surface area (Å²) in [6.45, 7) is 3.07. The van der Waals surface area contributed by atoms with Gasteiger partial charge in [0, 0.05) is 64.0 Å². The molecule has 226 valence electrons. The summed E-state index contributed by atoms with van der Waals surface area (Å²) < 4.78 is 53.5. The minimum Gasteiger partial charge on any atom is -0.353 e. The van der Waals surface area contributed by atoms with Gasteiger partial charge in [-0.25, -0.2) is 14.2 Å². The number of carbonyl (C=O) groups is 1. The molecule has 0 saturated carbocycles. The summed E-state index contributed by atoms with van der Waals surface area (Å²) in [4.78, 5) is 25.6. The van der Waals surface area contributed by atoms with Gasteiger partial charge in [0.25, 0.3) is 0 Å². The highest BCUT2D eigenvalue weighted by molar-refractivity contribution is 6.42. The van der Waals surface area contributed by atoms with Crippen LogP contribution in [0.4, 0.5) is 28.2 Å². The maximum atomic E-state index is 14.3. The quantitative estimate of drug-likeness (QED) is 0.310. The molecule has 13 heteroatoms. The minimum absolute atomic E-state index is 0.117. The molecule has 2 fully saturated rings. The number of aromatic nitrogens is 1.